The zero-order valence-corrected chi connectivity index (χ0v) is 12.2. The Bertz CT molecular complexity index is 703. The monoisotopic (exact) mass is 309 g/mol. The number of hydrogen-bond donors (Lipinski definition) is 0. The third kappa shape index (κ3) is 2.64. The molecular weight excluding hydrogens is 298 g/mol. The number of hydrogen-bond acceptors (Lipinski definition) is 4. The first-order valence-electron chi connectivity index (χ1n) is 6.12. The van der Waals surface area contributed by atoms with Crippen LogP contribution in [0.5, 0.6) is 0 Å². The van der Waals surface area contributed by atoms with E-state index in [0.717, 1.165) is 6.42 Å². The van der Waals surface area contributed by atoms with E-state index in [9.17, 15) is 8.42 Å². The molecule has 104 valence electrons. The standard InChI is InChI=1S/C13H12ClN3O2S/c14-12-5-4-10(8-15)7-13(12)20(18,19)17-6-2-1-3-11(17)9-16/h4-5,7,11H,1-3,6H2. The number of nitrogens with zero attached hydrogens (tertiary/aromatic N) is 3. The normalized spacial score (nSPS) is 20.1. The zero-order valence-electron chi connectivity index (χ0n) is 10.6. The van der Waals surface area contributed by atoms with Crippen molar-refractivity contribution in [2.45, 2.75) is 30.2 Å². The van der Waals surface area contributed by atoms with Gasteiger partial charge in [-0.15, -0.1) is 0 Å². The van der Waals surface area contributed by atoms with Crippen molar-refractivity contribution in [2.75, 3.05) is 6.54 Å². The summed E-state index contributed by atoms with van der Waals surface area (Å²) in [5, 5.41) is 18.0. The van der Waals surface area contributed by atoms with Gasteiger partial charge >= 0.3 is 0 Å². The van der Waals surface area contributed by atoms with Gasteiger partial charge in [0.05, 0.1) is 22.7 Å². The fraction of sp³-hybridized carbons (Fsp3) is 0.385. The van der Waals surface area contributed by atoms with Crippen LogP contribution in [-0.4, -0.2) is 25.3 Å². The minimum absolute atomic E-state index is 0.0614. The van der Waals surface area contributed by atoms with E-state index in [4.69, 9.17) is 22.1 Å². The van der Waals surface area contributed by atoms with Gasteiger partial charge in [-0.2, -0.15) is 14.8 Å². The number of sulfonamides is 1. The van der Waals surface area contributed by atoms with Gasteiger partial charge in [0, 0.05) is 6.54 Å². The molecule has 0 saturated carbocycles. The first kappa shape index (κ1) is 14.8. The number of piperidine rings is 1. The van der Waals surface area contributed by atoms with Gasteiger partial charge in [-0.3, -0.25) is 0 Å². The molecule has 1 fully saturated rings. The second-order valence-corrected chi connectivity index (χ2v) is 6.78. The molecule has 1 aliphatic heterocycles. The molecule has 1 heterocycles. The highest BCUT2D eigenvalue weighted by atomic mass is 35.5. The predicted molar refractivity (Wildman–Crippen MR) is 73.3 cm³/mol. The first-order valence-corrected chi connectivity index (χ1v) is 7.93. The molecule has 0 spiro atoms. The van der Waals surface area contributed by atoms with E-state index in [2.05, 4.69) is 0 Å². The van der Waals surface area contributed by atoms with Crippen molar-refractivity contribution >= 4 is 21.6 Å². The SMILES string of the molecule is N#Cc1ccc(Cl)c(S(=O)(=O)N2CCCCC2C#N)c1. The van der Waals surface area contributed by atoms with Gasteiger partial charge in [0.15, 0.2) is 0 Å². The van der Waals surface area contributed by atoms with Gasteiger partial charge in [-0.25, -0.2) is 8.42 Å². The van der Waals surface area contributed by atoms with Crippen molar-refractivity contribution < 1.29 is 8.42 Å². The van der Waals surface area contributed by atoms with Crippen molar-refractivity contribution in [3.8, 4) is 12.1 Å². The summed E-state index contributed by atoms with van der Waals surface area (Å²) in [5.74, 6) is 0. The van der Waals surface area contributed by atoms with Gasteiger partial charge in [0.1, 0.15) is 10.9 Å². The zero-order chi connectivity index (χ0) is 14.8. The molecular formula is C13H12ClN3O2S. The predicted octanol–water partition coefficient (Wildman–Crippen LogP) is 2.28. The van der Waals surface area contributed by atoms with E-state index in [1.807, 2.05) is 12.1 Å². The van der Waals surface area contributed by atoms with Crippen LogP contribution in [0.1, 0.15) is 24.8 Å². The largest absolute Gasteiger partial charge is 0.245 e. The Balaban J connectivity index is 2.50. The minimum atomic E-state index is -3.86. The molecule has 0 N–H and O–H groups in total. The molecule has 0 aromatic heterocycles. The number of nitriles is 2. The van der Waals surface area contributed by atoms with Gasteiger partial charge in [-0.1, -0.05) is 11.6 Å². The Morgan fingerprint density at radius 3 is 2.70 bits per heavy atom. The van der Waals surface area contributed by atoms with E-state index in [-0.39, 0.29) is 15.5 Å². The van der Waals surface area contributed by atoms with Crippen LogP contribution in [0.2, 0.25) is 5.02 Å². The number of rotatable bonds is 2. The van der Waals surface area contributed by atoms with Gasteiger partial charge in [0.25, 0.3) is 0 Å². The van der Waals surface area contributed by atoms with Crippen LogP contribution in [0.3, 0.4) is 0 Å². The summed E-state index contributed by atoms with van der Waals surface area (Å²) in [5.41, 5.74) is 0.221. The molecule has 1 unspecified atom stereocenters. The third-order valence-corrected chi connectivity index (χ3v) is 5.64. The van der Waals surface area contributed by atoms with E-state index >= 15 is 0 Å². The highest BCUT2D eigenvalue weighted by Gasteiger charge is 2.34. The van der Waals surface area contributed by atoms with Crippen LogP contribution in [0.4, 0.5) is 0 Å². The Kier molecular flexibility index (Phi) is 4.29. The molecule has 1 atom stereocenters. The van der Waals surface area contributed by atoms with Crippen LogP contribution >= 0.6 is 11.6 Å². The third-order valence-electron chi connectivity index (χ3n) is 3.25. The lowest BCUT2D eigenvalue weighted by atomic mass is 10.1. The lowest BCUT2D eigenvalue weighted by Crippen LogP contribution is -2.42. The molecule has 1 saturated heterocycles. The van der Waals surface area contributed by atoms with Crippen molar-refractivity contribution in [2.24, 2.45) is 0 Å². The first-order chi connectivity index (χ1) is 9.50. The van der Waals surface area contributed by atoms with Crippen LogP contribution < -0.4 is 0 Å². The van der Waals surface area contributed by atoms with Crippen LogP contribution in [0, 0.1) is 22.7 Å². The summed E-state index contributed by atoms with van der Waals surface area (Å²) < 4.78 is 26.4. The second kappa shape index (κ2) is 5.80. The molecule has 0 radical (unpaired) electrons. The van der Waals surface area contributed by atoms with E-state index in [0.29, 0.717) is 19.4 Å². The quantitative estimate of drug-likeness (QED) is 0.838. The highest BCUT2D eigenvalue weighted by molar-refractivity contribution is 7.89. The van der Waals surface area contributed by atoms with E-state index in [1.165, 1.54) is 22.5 Å². The molecule has 1 aromatic rings. The number of benzene rings is 1. The lowest BCUT2D eigenvalue weighted by Gasteiger charge is -2.30. The maximum Gasteiger partial charge on any atom is 0.245 e. The number of halogens is 1. The average molecular weight is 310 g/mol. The molecule has 20 heavy (non-hydrogen) atoms. The smallest absolute Gasteiger partial charge is 0.207 e. The van der Waals surface area contributed by atoms with Crippen LogP contribution in [0.25, 0.3) is 0 Å². The molecule has 0 amide bonds. The van der Waals surface area contributed by atoms with Crippen LogP contribution in [0.15, 0.2) is 23.1 Å². The Hall–Kier alpha value is -1.60. The lowest BCUT2D eigenvalue weighted by molar-refractivity contribution is 0.297. The molecule has 1 aliphatic rings. The summed E-state index contributed by atoms with van der Waals surface area (Å²) >= 11 is 5.95. The molecule has 5 nitrogen and oxygen atoms in total. The topological polar surface area (TPSA) is 85.0 Å². The maximum atomic E-state index is 12.6. The van der Waals surface area contributed by atoms with E-state index in [1.54, 1.807) is 0 Å². The Labute approximate surface area is 123 Å². The Morgan fingerprint density at radius 2 is 2.05 bits per heavy atom. The van der Waals surface area contributed by atoms with Crippen molar-refractivity contribution in [1.29, 1.82) is 10.5 Å². The van der Waals surface area contributed by atoms with Crippen LogP contribution in [-0.2, 0) is 10.0 Å². The molecule has 1 aromatic carbocycles. The highest BCUT2D eigenvalue weighted by Crippen LogP contribution is 2.30. The van der Waals surface area contributed by atoms with Gasteiger partial charge < -0.3 is 0 Å². The van der Waals surface area contributed by atoms with E-state index < -0.39 is 16.1 Å². The Morgan fingerprint density at radius 1 is 1.30 bits per heavy atom. The van der Waals surface area contributed by atoms with Crippen molar-refractivity contribution in [3.63, 3.8) is 0 Å². The van der Waals surface area contributed by atoms with Crippen molar-refractivity contribution in [3.05, 3.63) is 28.8 Å². The fourth-order valence-corrected chi connectivity index (χ4v) is 4.33. The summed E-state index contributed by atoms with van der Waals surface area (Å²) in [6.45, 7) is 0.299. The summed E-state index contributed by atoms with van der Waals surface area (Å²) in [6, 6.07) is 7.33. The molecule has 2 rings (SSSR count). The van der Waals surface area contributed by atoms with Gasteiger partial charge in [0.2, 0.25) is 10.0 Å². The minimum Gasteiger partial charge on any atom is -0.207 e. The maximum absolute atomic E-state index is 12.6. The second-order valence-electron chi connectivity index (χ2n) is 4.51. The average Bonchev–Trinajstić information content (AvgIpc) is 2.47. The summed E-state index contributed by atoms with van der Waals surface area (Å²) in [4.78, 5) is -0.111. The van der Waals surface area contributed by atoms with Gasteiger partial charge in [-0.05, 0) is 37.5 Å². The molecule has 0 aliphatic carbocycles. The van der Waals surface area contributed by atoms with Crippen molar-refractivity contribution in [1.82, 2.24) is 4.31 Å². The molecule has 7 heteroatoms. The summed E-state index contributed by atoms with van der Waals surface area (Å²) in [7, 11) is -3.86. The molecule has 0 bridgehead atoms. The fourth-order valence-electron chi connectivity index (χ4n) is 2.22. The summed E-state index contributed by atoms with van der Waals surface area (Å²) in [6.07, 6.45) is 2.06.